The maximum atomic E-state index is 12.0. The standard InChI is InChI=1S/C11H14N4O3S/c12-3-5-19-6-8(16)15-4-1-2-11(7-15)9(17)13-10(18)14-11/h1-2,4-7H2,(H2,13,14,17,18). The van der Waals surface area contributed by atoms with Crippen molar-refractivity contribution in [2.75, 3.05) is 24.6 Å². The molecule has 8 heteroatoms. The molecule has 0 aromatic carbocycles. The molecule has 0 aromatic heterocycles. The Bertz CT molecular complexity index is 461. The lowest BCUT2D eigenvalue weighted by Crippen LogP contribution is -2.59. The highest BCUT2D eigenvalue weighted by Crippen LogP contribution is 2.24. The van der Waals surface area contributed by atoms with Gasteiger partial charge in [0.1, 0.15) is 5.54 Å². The average molecular weight is 282 g/mol. The minimum absolute atomic E-state index is 0.103. The number of urea groups is 1. The second kappa shape index (κ2) is 5.48. The molecule has 0 bridgehead atoms. The van der Waals surface area contributed by atoms with Crippen molar-refractivity contribution in [3.05, 3.63) is 0 Å². The van der Waals surface area contributed by atoms with Crippen LogP contribution in [-0.4, -0.2) is 52.9 Å². The molecular weight excluding hydrogens is 268 g/mol. The first-order valence-electron chi connectivity index (χ1n) is 5.93. The number of imide groups is 1. The summed E-state index contributed by atoms with van der Waals surface area (Å²) in [4.78, 5) is 36.6. The van der Waals surface area contributed by atoms with Crippen molar-refractivity contribution in [2.24, 2.45) is 0 Å². The largest absolute Gasteiger partial charge is 0.339 e. The van der Waals surface area contributed by atoms with Gasteiger partial charge in [0.05, 0.1) is 24.1 Å². The predicted molar refractivity (Wildman–Crippen MR) is 68.2 cm³/mol. The molecule has 2 saturated heterocycles. The monoisotopic (exact) mass is 282 g/mol. The number of likely N-dealkylation sites (tertiary alicyclic amines) is 1. The number of hydrogen-bond donors (Lipinski definition) is 2. The first-order valence-corrected chi connectivity index (χ1v) is 7.09. The van der Waals surface area contributed by atoms with Gasteiger partial charge in [-0.1, -0.05) is 0 Å². The van der Waals surface area contributed by atoms with Crippen LogP contribution < -0.4 is 10.6 Å². The summed E-state index contributed by atoms with van der Waals surface area (Å²) in [6, 6.07) is 1.46. The van der Waals surface area contributed by atoms with Crippen LogP contribution in [0.4, 0.5) is 4.79 Å². The van der Waals surface area contributed by atoms with Crippen molar-refractivity contribution in [3.63, 3.8) is 0 Å². The minimum Gasteiger partial charge on any atom is -0.339 e. The van der Waals surface area contributed by atoms with Crippen LogP contribution in [0.15, 0.2) is 0 Å². The first-order chi connectivity index (χ1) is 9.07. The van der Waals surface area contributed by atoms with E-state index >= 15 is 0 Å². The van der Waals surface area contributed by atoms with Gasteiger partial charge < -0.3 is 10.2 Å². The molecule has 2 fully saturated rings. The Kier molecular flexibility index (Phi) is 3.95. The summed E-state index contributed by atoms with van der Waals surface area (Å²) in [5, 5.41) is 13.3. The molecular formula is C11H14N4O3S. The van der Waals surface area contributed by atoms with E-state index in [2.05, 4.69) is 10.6 Å². The highest BCUT2D eigenvalue weighted by molar-refractivity contribution is 8.00. The summed E-state index contributed by atoms with van der Waals surface area (Å²) >= 11 is 1.25. The van der Waals surface area contributed by atoms with E-state index in [9.17, 15) is 14.4 Å². The molecule has 2 aliphatic rings. The summed E-state index contributed by atoms with van der Waals surface area (Å²) in [7, 11) is 0. The minimum atomic E-state index is -0.967. The molecule has 1 spiro atoms. The number of amides is 4. The lowest BCUT2D eigenvalue weighted by atomic mass is 9.89. The molecule has 0 radical (unpaired) electrons. The summed E-state index contributed by atoms with van der Waals surface area (Å²) in [6.07, 6.45) is 1.21. The predicted octanol–water partition coefficient (Wildman–Crippen LogP) is -0.556. The zero-order chi connectivity index (χ0) is 13.9. The number of piperidine rings is 1. The van der Waals surface area contributed by atoms with E-state index in [1.54, 1.807) is 4.90 Å². The Morgan fingerprint density at radius 1 is 1.53 bits per heavy atom. The third kappa shape index (κ3) is 2.81. The van der Waals surface area contributed by atoms with Crippen molar-refractivity contribution < 1.29 is 14.4 Å². The Labute approximate surface area is 114 Å². The lowest BCUT2D eigenvalue weighted by molar-refractivity contribution is -0.134. The molecule has 4 amide bonds. The molecule has 0 aromatic rings. The van der Waals surface area contributed by atoms with Crippen LogP contribution in [0.25, 0.3) is 0 Å². The van der Waals surface area contributed by atoms with E-state index in [-0.39, 0.29) is 29.9 Å². The van der Waals surface area contributed by atoms with Crippen molar-refractivity contribution >= 4 is 29.6 Å². The fourth-order valence-electron chi connectivity index (χ4n) is 2.36. The van der Waals surface area contributed by atoms with E-state index in [0.29, 0.717) is 19.4 Å². The van der Waals surface area contributed by atoms with Crippen LogP contribution in [0, 0.1) is 11.3 Å². The van der Waals surface area contributed by atoms with Gasteiger partial charge >= 0.3 is 6.03 Å². The third-order valence-corrected chi connectivity index (χ3v) is 4.04. The summed E-state index contributed by atoms with van der Waals surface area (Å²) < 4.78 is 0. The average Bonchev–Trinajstić information content (AvgIpc) is 2.64. The zero-order valence-corrected chi connectivity index (χ0v) is 11.1. The number of nitrogens with one attached hydrogen (secondary N) is 2. The van der Waals surface area contributed by atoms with Gasteiger partial charge in [0, 0.05) is 6.54 Å². The second-order valence-electron chi connectivity index (χ2n) is 4.56. The van der Waals surface area contributed by atoms with E-state index in [0.717, 1.165) is 0 Å². The number of carbonyl (C=O) groups is 3. The molecule has 2 aliphatic heterocycles. The molecule has 19 heavy (non-hydrogen) atoms. The highest BCUT2D eigenvalue weighted by Gasteiger charge is 2.49. The van der Waals surface area contributed by atoms with Crippen molar-refractivity contribution in [1.82, 2.24) is 15.5 Å². The summed E-state index contributed by atoms with van der Waals surface area (Å²) in [5.41, 5.74) is -0.967. The van der Waals surface area contributed by atoms with Crippen LogP contribution >= 0.6 is 11.8 Å². The number of carbonyl (C=O) groups excluding carboxylic acids is 3. The Balaban J connectivity index is 1.98. The van der Waals surface area contributed by atoms with Crippen LogP contribution in [-0.2, 0) is 9.59 Å². The van der Waals surface area contributed by atoms with E-state index in [1.165, 1.54) is 11.8 Å². The zero-order valence-electron chi connectivity index (χ0n) is 10.3. The van der Waals surface area contributed by atoms with Crippen LogP contribution in [0.1, 0.15) is 12.8 Å². The molecule has 0 saturated carbocycles. The number of thioether (sulfide) groups is 1. The van der Waals surface area contributed by atoms with Gasteiger partial charge in [-0.25, -0.2) is 4.79 Å². The summed E-state index contributed by atoms with van der Waals surface area (Å²) in [5.74, 6) is 0.0224. The van der Waals surface area contributed by atoms with Crippen LogP contribution in [0.2, 0.25) is 0 Å². The van der Waals surface area contributed by atoms with Crippen molar-refractivity contribution in [2.45, 2.75) is 18.4 Å². The summed E-state index contributed by atoms with van der Waals surface area (Å²) in [6.45, 7) is 0.785. The molecule has 2 rings (SSSR count). The number of hydrogen-bond acceptors (Lipinski definition) is 5. The first kappa shape index (κ1) is 13.7. The van der Waals surface area contributed by atoms with E-state index < -0.39 is 11.6 Å². The second-order valence-corrected chi connectivity index (χ2v) is 5.55. The maximum Gasteiger partial charge on any atom is 0.322 e. The Hall–Kier alpha value is -1.75. The van der Waals surface area contributed by atoms with Crippen LogP contribution in [0.5, 0.6) is 0 Å². The van der Waals surface area contributed by atoms with Crippen LogP contribution in [0.3, 0.4) is 0 Å². The van der Waals surface area contributed by atoms with Crippen molar-refractivity contribution in [3.8, 4) is 6.07 Å². The normalized spacial score (nSPS) is 25.9. The number of rotatable bonds is 3. The van der Waals surface area contributed by atoms with Gasteiger partial charge in [0.25, 0.3) is 5.91 Å². The fourth-order valence-corrected chi connectivity index (χ4v) is 2.91. The highest BCUT2D eigenvalue weighted by atomic mass is 32.2. The quantitative estimate of drug-likeness (QED) is 0.534. The SMILES string of the molecule is N#CCSCC(=O)N1CCCC2(C1)NC(=O)NC2=O. The van der Waals surface area contributed by atoms with Gasteiger partial charge in [0.2, 0.25) is 5.91 Å². The van der Waals surface area contributed by atoms with Crippen molar-refractivity contribution in [1.29, 1.82) is 5.26 Å². The molecule has 2 heterocycles. The maximum absolute atomic E-state index is 12.0. The number of nitrogens with zero attached hydrogens (tertiary/aromatic N) is 2. The molecule has 1 unspecified atom stereocenters. The molecule has 0 aliphatic carbocycles. The number of nitriles is 1. The van der Waals surface area contributed by atoms with Gasteiger partial charge in [-0.3, -0.25) is 14.9 Å². The Morgan fingerprint density at radius 3 is 2.95 bits per heavy atom. The topological polar surface area (TPSA) is 102 Å². The van der Waals surface area contributed by atoms with E-state index in [1.807, 2.05) is 6.07 Å². The fraction of sp³-hybridized carbons (Fsp3) is 0.636. The third-order valence-electron chi connectivity index (χ3n) is 3.25. The van der Waals surface area contributed by atoms with E-state index in [4.69, 9.17) is 5.26 Å². The molecule has 7 nitrogen and oxygen atoms in total. The van der Waals surface area contributed by atoms with Gasteiger partial charge in [-0.15, -0.1) is 11.8 Å². The van der Waals surface area contributed by atoms with Gasteiger partial charge in [-0.05, 0) is 12.8 Å². The van der Waals surface area contributed by atoms with Gasteiger partial charge in [-0.2, -0.15) is 5.26 Å². The smallest absolute Gasteiger partial charge is 0.322 e. The lowest BCUT2D eigenvalue weighted by Gasteiger charge is -2.38. The molecule has 1 atom stereocenters. The molecule has 102 valence electrons. The Morgan fingerprint density at radius 2 is 2.32 bits per heavy atom. The molecule has 2 N–H and O–H groups in total. The van der Waals surface area contributed by atoms with Gasteiger partial charge in [0.15, 0.2) is 0 Å².